The molecule has 0 saturated heterocycles. The number of hydrogen-bond acceptors (Lipinski definition) is 2. The second-order valence-electron chi connectivity index (χ2n) is 7.67. The van der Waals surface area contributed by atoms with Crippen LogP contribution in [-0.2, 0) is 7.05 Å². The Labute approximate surface area is 191 Å². The number of halogens is 1. The smallest absolute Gasteiger partial charge is 0.279 e. The molecule has 0 fully saturated rings. The average molecular weight is 447 g/mol. The second kappa shape index (κ2) is 8.66. The van der Waals surface area contributed by atoms with Crippen molar-refractivity contribution in [2.45, 2.75) is 20.8 Å². The van der Waals surface area contributed by atoms with E-state index in [0.29, 0.717) is 15.4 Å². The molecule has 0 radical (unpaired) electrons. The molecular formula is C26H23ClN2OS. The molecule has 4 rings (SSSR count). The number of carbonyl (C=O) groups is 1. The van der Waals surface area contributed by atoms with E-state index in [2.05, 4.69) is 49.2 Å². The number of thiazole rings is 1. The summed E-state index contributed by atoms with van der Waals surface area (Å²) in [6.07, 6.45) is 0. The number of nitrogens with zero attached hydrogens (tertiary/aromatic N) is 2. The van der Waals surface area contributed by atoms with E-state index in [-0.39, 0.29) is 5.91 Å². The van der Waals surface area contributed by atoms with E-state index in [0.717, 1.165) is 27.3 Å². The molecule has 0 saturated carbocycles. The molecule has 0 atom stereocenters. The van der Waals surface area contributed by atoms with E-state index >= 15 is 0 Å². The van der Waals surface area contributed by atoms with Crippen LogP contribution in [0.5, 0.6) is 0 Å². The van der Waals surface area contributed by atoms with Gasteiger partial charge in [0.25, 0.3) is 5.91 Å². The highest BCUT2D eigenvalue weighted by Crippen LogP contribution is 2.35. The number of aromatic nitrogens is 1. The highest BCUT2D eigenvalue weighted by atomic mass is 35.5. The van der Waals surface area contributed by atoms with Gasteiger partial charge >= 0.3 is 0 Å². The molecular weight excluding hydrogens is 424 g/mol. The molecule has 156 valence electrons. The van der Waals surface area contributed by atoms with Crippen LogP contribution in [-0.4, -0.2) is 10.5 Å². The van der Waals surface area contributed by atoms with Gasteiger partial charge in [-0.15, -0.1) is 0 Å². The summed E-state index contributed by atoms with van der Waals surface area (Å²) in [6.45, 7) is 6.13. The van der Waals surface area contributed by atoms with Gasteiger partial charge in [-0.2, -0.15) is 4.99 Å². The Hall–Kier alpha value is -2.95. The normalized spacial score (nSPS) is 11.7. The van der Waals surface area contributed by atoms with E-state index < -0.39 is 0 Å². The van der Waals surface area contributed by atoms with Crippen LogP contribution < -0.4 is 4.80 Å². The standard InChI is InChI=1S/C26H23ClN2OS/c1-16-10-12-20(14-18(16)3)23-24(19-8-6-5-7-9-19)31-26(29(23)4)28-25(30)21-13-11-17(2)22(27)15-21/h5-15H,1-4H3. The summed E-state index contributed by atoms with van der Waals surface area (Å²) < 4.78 is 2.00. The van der Waals surface area contributed by atoms with Crippen LogP contribution in [0.3, 0.4) is 0 Å². The van der Waals surface area contributed by atoms with Crippen LogP contribution in [0.15, 0.2) is 71.7 Å². The molecule has 1 heterocycles. The summed E-state index contributed by atoms with van der Waals surface area (Å²) in [7, 11) is 1.96. The Morgan fingerprint density at radius 1 is 0.871 bits per heavy atom. The topological polar surface area (TPSA) is 34.4 Å². The Morgan fingerprint density at radius 3 is 2.26 bits per heavy atom. The van der Waals surface area contributed by atoms with Gasteiger partial charge in [0.15, 0.2) is 4.80 Å². The third kappa shape index (κ3) is 4.27. The van der Waals surface area contributed by atoms with Gasteiger partial charge in [-0.1, -0.05) is 71.5 Å². The highest BCUT2D eigenvalue weighted by Gasteiger charge is 2.17. The lowest BCUT2D eigenvalue weighted by Gasteiger charge is -2.09. The maximum Gasteiger partial charge on any atom is 0.279 e. The molecule has 1 amide bonds. The lowest BCUT2D eigenvalue weighted by atomic mass is 10.0. The number of hydrogen-bond donors (Lipinski definition) is 0. The SMILES string of the molecule is Cc1ccc(-c2c(-c3ccccc3)sc(=NC(=O)c3ccc(C)c(Cl)c3)n2C)cc1C. The zero-order valence-electron chi connectivity index (χ0n) is 17.9. The molecule has 4 aromatic rings. The van der Waals surface area contributed by atoms with Crippen molar-refractivity contribution in [3.05, 3.63) is 98.8 Å². The van der Waals surface area contributed by atoms with Crippen molar-refractivity contribution in [3.8, 4) is 21.7 Å². The largest absolute Gasteiger partial charge is 0.319 e. The second-order valence-corrected chi connectivity index (χ2v) is 9.05. The fourth-order valence-corrected chi connectivity index (χ4v) is 4.76. The van der Waals surface area contributed by atoms with E-state index in [4.69, 9.17) is 11.6 Å². The highest BCUT2D eigenvalue weighted by molar-refractivity contribution is 7.13. The molecule has 5 heteroatoms. The summed E-state index contributed by atoms with van der Waals surface area (Å²) in [5.74, 6) is -0.301. The van der Waals surface area contributed by atoms with Crippen molar-refractivity contribution in [2.75, 3.05) is 0 Å². The van der Waals surface area contributed by atoms with Crippen LogP contribution in [0.1, 0.15) is 27.0 Å². The molecule has 0 aliphatic rings. The Kier molecular flexibility index (Phi) is 5.94. The molecule has 31 heavy (non-hydrogen) atoms. The first-order valence-electron chi connectivity index (χ1n) is 10.0. The third-order valence-electron chi connectivity index (χ3n) is 5.46. The van der Waals surface area contributed by atoms with Crippen LogP contribution in [0.2, 0.25) is 5.02 Å². The van der Waals surface area contributed by atoms with Crippen LogP contribution >= 0.6 is 22.9 Å². The molecule has 0 N–H and O–H groups in total. The molecule has 0 bridgehead atoms. The first kappa shape index (κ1) is 21.3. The summed E-state index contributed by atoms with van der Waals surface area (Å²) in [5.41, 5.74) is 7.15. The molecule has 0 unspecified atom stereocenters. The van der Waals surface area contributed by atoms with Gasteiger partial charge in [0.2, 0.25) is 0 Å². The Morgan fingerprint density at radius 2 is 1.58 bits per heavy atom. The number of amides is 1. The van der Waals surface area contributed by atoms with Crippen molar-refractivity contribution in [2.24, 2.45) is 12.0 Å². The summed E-state index contributed by atoms with van der Waals surface area (Å²) >= 11 is 7.73. The lowest BCUT2D eigenvalue weighted by Crippen LogP contribution is -2.14. The fraction of sp³-hybridized carbons (Fsp3) is 0.154. The molecule has 3 aromatic carbocycles. The Bertz CT molecular complexity index is 1350. The van der Waals surface area contributed by atoms with Crippen molar-refractivity contribution >= 4 is 28.8 Å². The minimum Gasteiger partial charge on any atom is -0.319 e. The minimum atomic E-state index is -0.301. The van der Waals surface area contributed by atoms with E-state index in [1.165, 1.54) is 22.5 Å². The van der Waals surface area contributed by atoms with Crippen LogP contribution in [0.4, 0.5) is 0 Å². The monoisotopic (exact) mass is 446 g/mol. The average Bonchev–Trinajstić information content (AvgIpc) is 3.08. The number of carbonyl (C=O) groups excluding carboxylic acids is 1. The Balaban J connectivity index is 1.91. The van der Waals surface area contributed by atoms with Gasteiger partial charge in [-0.3, -0.25) is 4.79 Å². The predicted octanol–water partition coefficient (Wildman–Crippen LogP) is 6.74. The van der Waals surface area contributed by atoms with Gasteiger partial charge in [0, 0.05) is 17.6 Å². The predicted molar refractivity (Wildman–Crippen MR) is 130 cm³/mol. The number of benzene rings is 3. The van der Waals surface area contributed by atoms with Crippen molar-refractivity contribution in [3.63, 3.8) is 0 Å². The van der Waals surface area contributed by atoms with Crippen LogP contribution in [0, 0.1) is 20.8 Å². The molecule has 3 nitrogen and oxygen atoms in total. The maximum absolute atomic E-state index is 12.9. The zero-order chi connectivity index (χ0) is 22.1. The fourth-order valence-electron chi connectivity index (χ4n) is 3.43. The minimum absolute atomic E-state index is 0.301. The maximum atomic E-state index is 12.9. The number of aryl methyl sites for hydroxylation is 3. The molecule has 1 aromatic heterocycles. The van der Waals surface area contributed by atoms with Gasteiger partial charge in [0.05, 0.1) is 10.6 Å². The van der Waals surface area contributed by atoms with E-state index in [1.807, 2.05) is 42.8 Å². The van der Waals surface area contributed by atoms with E-state index in [9.17, 15) is 4.79 Å². The van der Waals surface area contributed by atoms with Gasteiger partial charge in [-0.05, 0) is 66.8 Å². The first-order chi connectivity index (χ1) is 14.8. The van der Waals surface area contributed by atoms with Crippen molar-refractivity contribution in [1.82, 2.24) is 4.57 Å². The van der Waals surface area contributed by atoms with Crippen molar-refractivity contribution in [1.29, 1.82) is 0 Å². The van der Waals surface area contributed by atoms with Crippen molar-refractivity contribution < 1.29 is 4.79 Å². The lowest BCUT2D eigenvalue weighted by molar-refractivity contribution is 0.0998. The number of rotatable bonds is 3. The molecule has 0 aliphatic heterocycles. The molecule has 0 spiro atoms. The molecule has 0 aliphatic carbocycles. The zero-order valence-corrected chi connectivity index (χ0v) is 19.5. The van der Waals surface area contributed by atoms with Gasteiger partial charge < -0.3 is 4.57 Å². The summed E-state index contributed by atoms with van der Waals surface area (Å²) in [6, 6.07) is 22.0. The van der Waals surface area contributed by atoms with Gasteiger partial charge in [-0.25, -0.2) is 0 Å². The summed E-state index contributed by atoms with van der Waals surface area (Å²) in [5, 5.41) is 0.567. The first-order valence-corrected chi connectivity index (χ1v) is 11.2. The quantitative estimate of drug-likeness (QED) is 0.343. The van der Waals surface area contributed by atoms with Gasteiger partial charge in [0.1, 0.15) is 0 Å². The van der Waals surface area contributed by atoms with Crippen LogP contribution in [0.25, 0.3) is 21.7 Å². The van der Waals surface area contributed by atoms with E-state index in [1.54, 1.807) is 12.1 Å². The summed E-state index contributed by atoms with van der Waals surface area (Å²) in [4.78, 5) is 19.1. The third-order valence-corrected chi connectivity index (χ3v) is 7.05.